The van der Waals surface area contributed by atoms with Crippen molar-refractivity contribution < 1.29 is 28.8 Å². The number of halogens is 1. The molecule has 1 saturated heterocycles. The third-order valence-corrected chi connectivity index (χ3v) is 5.29. The molecule has 0 bridgehead atoms. The average molecular weight is 476 g/mol. The summed E-state index contributed by atoms with van der Waals surface area (Å²) in [4.78, 5) is 55.0. The first-order chi connectivity index (χ1) is 14.4. The highest BCUT2D eigenvalue weighted by Gasteiger charge is 2.40. The summed E-state index contributed by atoms with van der Waals surface area (Å²) in [6.07, 6.45) is 2.13. The SMILES string of the molecule is CCOC(=O)/C=C/S[C@@H]1NC(=O)[C@H]1NC(=O)C=NOCc1csc(NC(=O)CCl)n1. The molecule has 1 aromatic heterocycles. The number of anilines is 1. The first-order valence-electron chi connectivity index (χ1n) is 8.48. The molecule has 2 rings (SSSR count). The van der Waals surface area contributed by atoms with Crippen LogP contribution in [-0.2, 0) is 35.4 Å². The minimum absolute atomic E-state index is 0.0158. The number of β-lactam (4-membered cyclic amide) rings is 1. The van der Waals surface area contributed by atoms with E-state index in [1.54, 1.807) is 12.3 Å². The second-order valence-electron chi connectivity index (χ2n) is 5.44. The monoisotopic (exact) mass is 475 g/mol. The van der Waals surface area contributed by atoms with Gasteiger partial charge in [-0.05, 0) is 12.3 Å². The van der Waals surface area contributed by atoms with Crippen LogP contribution in [0.25, 0.3) is 0 Å². The third kappa shape index (κ3) is 7.65. The van der Waals surface area contributed by atoms with Crippen LogP contribution < -0.4 is 16.0 Å². The zero-order valence-electron chi connectivity index (χ0n) is 15.6. The van der Waals surface area contributed by atoms with E-state index in [0.29, 0.717) is 10.8 Å². The summed E-state index contributed by atoms with van der Waals surface area (Å²) in [6, 6.07) is -0.771. The Morgan fingerprint density at radius 1 is 1.47 bits per heavy atom. The maximum atomic E-state index is 11.9. The van der Waals surface area contributed by atoms with Gasteiger partial charge < -0.3 is 25.5 Å². The molecule has 0 aromatic carbocycles. The summed E-state index contributed by atoms with van der Waals surface area (Å²) in [7, 11) is 0. The number of carbonyl (C=O) groups excluding carboxylic acids is 4. The number of carbonyl (C=O) groups is 4. The first kappa shape index (κ1) is 23.6. The van der Waals surface area contributed by atoms with Gasteiger partial charge in [-0.25, -0.2) is 9.78 Å². The van der Waals surface area contributed by atoms with Crippen molar-refractivity contribution in [3.8, 4) is 0 Å². The number of hydrogen-bond donors (Lipinski definition) is 3. The van der Waals surface area contributed by atoms with Gasteiger partial charge in [0.2, 0.25) is 11.8 Å². The standard InChI is InChI=1S/C16H18ClN5O6S2/c1-2-27-12(25)3-4-29-15-13(14(26)22-15)20-11(24)6-18-28-7-9-8-30-16(19-9)21-10(23)5-17/h3-4,6,8,13,15H,2,5,7H2,1H3,(H,20,24)(H,22,26)(H,19,21,23)/b4-3+,18-6?/t13-,15+/m1/s1. The lowest BCUT2D eigenvalue weighted by Gasteiger charge is -2.35. The first-order valence-corrected chi connectivity index (χ1v) is 10.8. The molecule has 1 fully saturated rings. The fourth-order valence-corrected chi connectivity index (χ4v) is 3.61. The van der Waals surface area contributed by atoms with E-state index in [2.05, 4.69) is 26.1 Å². The molecule has 11 nitrogen and oxygen atoms in total. The lowest BCUT2D eigenvalue weighted by molar-refractivity contribution is -0.137. The normalized spacial score (nSPS) is 18.0. The molecule has 1 aliphatic rings. The van der Waals surface area contributed by atoms with Crippen LogP contribution in [0, 0.1) is 0 Å². The number of thiazole rings is 1. The predicted octanol–water partition coefficient (Wildman–Crippen LogP) is 0.574. The van der Waals surface area contributed by atoms with E-state index in [1.165, 1.54) is 22.8 Å². The van der Waals surface area contributed by atoms with Crippen molar-refractivity contribution in [2.24, 2.45) is 5.16 Å². The molecule has 14 heteroatoms. The fourth-order valence-electron chi connectivity index (χ4n) is 1.94. The van der Waals surface area contributed by atoms with Gasteiger partial charge >= 0.3 is 5.97 Å². The molecule has 2 heterocycles. The lowest BCUT2D eigenvalue weighted by Crippen LogP contribution is -2.67. The Hall–Kier alpha value is -2.64. The molecule has 1 aliphatic heterocycles. The van der Waals surface area contributed by atoms with Crippen molar-refractivity contribution in [2.45, 2.75) is 24.9 Å². The molecule has 0 radical (unpaired) electrons. The second-order valence-corrected chi connectivity index (χ2v) is 7.62. The Morgan fingerprint density at radius 2 is 2.27 bits per heavy atom. The number of nitrogens with one attached hydrogen (secondary N) is 3. The van der Waals surface area contributed by atoms with Gasteiger partial charge in [-0.15, -0.1) is 34.7 Å². The Labute approximate surface area is 184 Å². The van der Waals surface area contributed by atoms with E-state index in [-0.39, 0.29) is 30.9 Å². The number of thioether (sulfide) groups is 1. The summed E-state index contributed by atoms with van der Waals surface area (Å²) in [5.41, 5.74) is 0.505. The number of hydrogen-bond acceptors (Lipinski definition) is 10. The van der Waals surface area contributed by atoms with Crippen molar-refractivity contribution >= 4 is 69.7 Å². The number of nitrogens with zero attached hydrogens (tertiary/aromatic N) is 2. The molecule has 162 valence electrons. The number of alkyl halides is 1. The Morgan fingerprint density at radius 3 is 2.97 bits per heavy atom. The van der Waals surface area contributed by atoms with Crippen molar-refractivity contribution in [1.29, 1.82) is 0 Å². The van der Waals surface area contributed by atoms with Gasteiger partial charge in [0.25, 0.3) is 5.91 Å². The highest BCUT2D eigenvalue weighted by atomic mass is 35.5. The topological polar surface area (TPSA) is 148 Å². The molecule has 30 heavy (non-hydrogen) atoms. The zero-order valence-corrected chi connectivity index (χ0v) is 18.0. The van der Waals surface area contributed by atoms with Crippen LogP contribution in [0.1, 0.15) is 12.6 Å². The van der Waals surface area contributed by atoms with E-state index in [9.17, 15) is 19.2 Å². The van der Waals surface area contributed by atoms with Crippen molar-refractivity contribution in [3.63, 3.8) is 0 Å². The van der Waals surface area contributed by atoms with E-state index in [4.69, 9.17) is 21.2 Å². The zero-order chi connectivity index (χ0) is 21.9. The van der Waals surface area contributed by atoms with Crippen LogP contribution in [0.4, 0.5) is 5.13 Å². The molecule has 1 aromatic rings. The van der Waals surface area contributed by atoms with Gasteiger partial charge in [0.1, 0.15) is 23.5 Å². The van der Waals surface area contributed by atoms with Crippen molar-refractivity contribution in [2.75, 3.05) is 17.8 Å². The molecule has 0 unspecified atom stereocenters. The number of amides is 3. The van der Waals surface area contributed by atoms with Gasteiger partial charge in [-0.2, -0.15) is 0 Å². The van der Waals surface area contributed by atoms with E-state index < -0.39 is 23.3 Å². The van der Waals surface area contributed by atoms with Crippen LogP contribution >= 0.6 is 34.7 Å². The highest BCUT2D eigenvalue weighted by molar-refractivity contribution is 8.02. The molecular weight excluding hydrogens is 458 g/mol. The average Bonchev–Trinajstić information content (AvgIpc) is 3.16. The minimum Gasteiger partial charge on any atom is -0.463 e. The van der Waals surface area contributed by atoms with E-state index >= 15 is 0 Å². The van der Waals surface area contributed by atoms with E-state index in [0.717, 1.165) is 18.0 Å². The molecule has 0 saturated carbocycles. The minimum atomic E-state index is -0.771. The second kappa shape index (κ2) is 12.1. The van der Waals surface area contributed by atoms with Gasteiger partial charge in [0.15, 0.2) is 11.7 Å². The third-order valence-electron chi connectivity index (χ3n) is 3.26. The quantitative estimate of drug-likeness (QED) is 0.105. The molecular formula is C16H18ClN5O6S2. The van der Waals surface area contributed by atoms with Crippen LogP contribution in [0.3, 0.4) is 0 Å². The van der Waals surface area contributed by atoms with Crippen LogP contribution in [0.2, 0.25) is 0 Å². The number of ether oxygens (including phenoxy) is 1. The molecule has 2 atom stereocenters. The summed E-state index contributed by atoms with van der Waals surface area (Å²) < 4.78 is 4.74. The highest BCUT2D eigenvalue weighted by Crippen LogP contribution is 2.21. The Bertz CT molecular complexity index is 846. The van der Waals surface area contributed by atoms with Gasteiger partial charge in [0, 0.05) is 11.5 Å². The summed E-state index contributed by atoms with van der Waals surface area (Å²) in [5.74, 6) is -2.02. The van der Waals surface area contributed by atoms with Gasteiger partial charge in [0.05, 0.1) is 12.3 Å². The predicted molar refractivity (Wildman–Crippen MR) is 112 cm³/mol. The van der Waals surface area contributed by atoms with Gasteiger partial charge in [-0.1, -0.05) is 5.16 Å². The molecule has 0 aliphatic carbocycles. The molecule has 3 N–H and O–H groups in total. The smallest absolute Gasteiger partial charge is 0.331 e. The fraction of sp³-hybridized carbons (Fsp3) is 0.375. The van der Waals surface area contributed by atoms with Gasteiger partial charge in [-0.3, -0.25) is 14.4 Å². The number of aromatic nitrogens is 1. The Balaban J connectivity index is 1.71. The number of esters is 1. The Kier molecular flexibility index (Phi) is 9.57. The van der Waals surface area contributed by atoms with Crippen LogP contribution in [-0.4, -0.2) is 58.8 Å². The number of oxime groups is 1. The molecule has 0 spiro atoms. The van der Waals surface area contributed by atoms with Crippen LogP contribution in [0.5, 0.6) is 0 Å². The van der Waals surface area contributed by atoms with Crippen molar-refractivity contribution in [1.82, 2.24) is 15.6 Å². The maximum Gasteiger partial charge on any atom is 0.331 e. The van der Waals surface area contributed by atoms with E-state index in [1.807, 2.05) is 0 Å². The maximum absolute atomic E-state index is 11.9. The summed E-state index contributed by atoms with van der Waals surface area (Å²) in [5, 5.41) is 14.2. The largest absolute Gasteiger partial charge is 0.463 e. The molecule has 3 amide bonds. The summed E-state index contributed by atoms with van der Waals surface area (Å²) >= 11 is 7.74. The van der Waals surface area contributed by atoms with Crippen molar-refractivity contribution in [3.05, 3.63) is 22.6 Å². The lowest BCUT2D eigenvalue weighted by atomic mass is 10.1. The number of rotatable bonds is 11. The summed E-state index contributed by atoms with van der Waals surface area (Å²) in [6.45, 7) is 1.94. The van der Waals surface area contributed by atoms with Crippen LogP contribution in [0.15, 0.2) is 22.0 Å².